The SMILES string of the molecule is CC(C)(CCN1CCN(C(=O)[C@@H]2CS[C@@H](c3cccnc3)N2)CC1)c1ccccc1. The number of carbonyl (C=O) groups is 1. The van der Waals surface area contributed by atoms with E-state index < -0.39 is 0 Å². The van der Waals surface area contributed by atoms with E-state index in [1.54, 1.807) is 18.0 Å². The molecule has 30 heavy (non-hydrogen) atoms. The van der Waals surface area contributed by atoms with Crippen LogP contribution in [0.4, 0.5) is 0 Å². The average Bonchev–Trinajstić information content (AvgIpc) is 3.29. The van der Waals surface area contributed by atoms with Gasteiger partial charge in [0.15, 0.2) is 0 Å². The van der Waals surface area contributed by atoms with E-state index in [0.717, 1.165) is 50.5 Å². The van der Waals surface area contributed by atoms with Crippen LogP contribution in [0, 0.1) is 0 Å². The first-order valence-electron chi connectivity index (χ1n) is 10.9. The summed E-state index contributed by atoms with van der Waals surface area (Å²) in [6.07, 6.45) is 4.79. The summed E-state index contributed by atoms with van der Waals surface area (Å²) in [6, 6.07) is 14.7. The van der Waals surface area contributed by atoms with Gasteiger partial charge in [-0.25, -0.2) is 0 Å². The topological polar surface area (TPSA) is 48.5 Å². The zero-order chi connectivity index (χ0) is 21.0. The van der Waals surface area contributed by atoms with E-state index in [1.165, 1.54) is 5.56 Å². The maximum Gasteiger partial charge on any atom is 0.240 e. The highest BCUT2D eigenvalue weighted by Gasteiger charge is 2.34. The molecule has 6 heteroatoms. The van der Waals surface area contributed by atoms with E-state index >= 15 is 0 Å². The first kappa shape index (κ1) is 21.3. The highest BCUT2D eigenvalue weighted by Crippen LogP contribution is 2.33. The second-order valence-electron chi connectivity index (χ2n) is 8.89. The fourth-order valence-electron chi connectivity index (χ4n) is 4.22. The smallest absolute Gasteiger partial charge is 0.240 e. The summed E-state index contributed by atoms with van der Waals surface area (Å²) in [6.45, 7) is 9.29. The number of nitrogens with zero attached hydrogens (tertiary/aromatic N) is 3. The third-order valence-electron chi connectivity index (χ3n) is 6.36. The maximum atomic E-state index is 13.0. The van der Waals surface area contributed by atoms with Gasteiger partial charge in [-0.1, -0.05) is 50.2 Å². The molecule has 5 nitrogen and oxygen atoms in total. The van der Waals surface area contributed by atoms with E-state index in [1.807, 2.05) is 17.2 Å². The van der Waals surface area contributed by atoms with Crippen LogP contribution in [0.3, 0.4) is 0 Å². The second-order valence-corrected chi connectivity index (χ2v) is 10.0. The van der Waals surface area contributed by atoms with Gasteiger partial charge < -0.3 is 4.90 Å². The second kappa shape index (κ2) is 9.50. The maximum absolute atomic E-state index is 13.0. The fourth-order valence-corrected chi connectivity index (χ4v) is 5.44. The normalized spacial score (nSPS) is 22.9. The molecule has 0 aliphatic carbocycles. The Morgan fingerprint density at radius 3 is 2.60 bits per heavy atom. The van der Waals surface area contributed by atoms with Crippen molar-refractivity contribution in [1.82, 2.24) is 20.1 Å². The minimum absolute atomic E-state index is 0.0937. The van der Waals surface area contributed by atoms with E-state index in [2.05, 4.69) is 65.4 Å². The molecule has 1 amide bonds. The number of amides is 1. The lowest BCUT2D eigenvalue weighted by molar-refractivity contribution is -0.134. The number of nitrogens with one attached hydrogen (secondary N) is 1. The molecule has 0 unspecified atom stereocenters. The van der Waals surface area contributed by atoms with Crippen LogP contribution < -0.4 is 5.32 Å². The van der Waals surface area contributed by atoms with E-state index in [4.69, 9.17) is 0 Å². The molecule has 2 aliphatic heterocycles. The Morgan fingerprint density at radius 2 is 1.90 bits per heavy atom. The summed E-state index contributed by atoms with van der Waals surface area (Å²) in [5.41, 5.74) is 2.70. The highest BCUT2D eigenvalue weighted by molar-refractivity contribution is 7.99. The third kappa shape index (κ3) is 5.05. The number of thioether (sulfide) groups is 1. The molecule has 2 aliphatic rings. The highest BCUT2D eigenvalue weighted by atomic mass is 32.2. The summed E-state index contributed by atoms with van der Waals surface area (Å²) in [4.78, 5) is 21.7. The van der Waals surface area contributed by atoms with Gasteiger partial charge in [0.1, 0.15) is 0 Å². The van der Waals surface area contributed by atoms with Gasteiger partial charge in [-0.05, 0) is 35.6 Å². The molecule has 1 aromatic heterocycles. The van der Waals surface area contributed by atoms with Crippen LogP contribution >= 0.6 is 11.8 Å². The van der Waals surface area contributed by atoms with Crippen LogP contribution in [0.1, 0.15) is 36.8 Å². The Balaban J connectivity index is 1.23. The number of hydrogen-bond acceptors (Lipinski definition) is 5. The largest absolute Gasteiger partial charge is 0.339 e. The lowest BCUT2D eigenvalue weighted by atomic mass is 9.81. The summed E-state index contributed by atoms with van der Waals surface area (Å²) >= 11 is 1.80. The number of aromatic nitrogens is 1. The Morgan fingerprint density at radius 1 is 1.13 bits per heavy atom. The van der Waals surface area contributed by atoms with Gasteiger partial charge in [0, 0.05) is 44.3 Å². The van der Waals surface area contributed by atoms with Crippen molar-refractivity contribution in [2.75, 3.05) is 38.5 Å². The Labute approximate surface area is 184 Å². The molecule has 0 bridgehead atoms. The minimum atomic E-state index is -0.0937. The predicted octanol–water partition coefficient (Wildman–Crippen LogP) is 3.30. The molecular formula is C24H32N4OS. The standard InChI is InChI=1S/C24H32N4OS/c1-24(2,20-8-4-3-5-9-20)10-12-27-13-15-28(16-14-27)23(29)21-18-30-22(26-21)19-7-6-11-25-17-19/h3-9,11,17,21-22,26H,10,12-16,18H2,1-2H3/t21-,22-/m0/s1. The molecule has 1 N–H and O–H groups in total. The number of benzene rings is 1. The molecule has 0 spiro atoms. The molecule has 1 aromatic carbocycles. The average molecular weight is 425 g/mol. The lowest BCUT2D eigenvalue weighted by Crippen LogP contribution is -2.54. The Hall–Kier alpha value is -1.89. The van der Waals surface area contributed by atoms with Gasteiger partial charge in [-0.2, -0.15) is 0 Å². The van der Waals surface area contributed by atoms with Crippen molar-refractivity contribution in [1.29, 1.82) is 0 Å². The van der Waals surface area contributed by atoms with Crippen LogP contribution in [0.5, 0.6) is 0 Å². The van der Waals surface area contributed by atoms with Crippen LogP contribution in [-0.4, -0.2) is 65.2 Å². The number of pyridine rings is 1. The monoisotopic (exact) mass is 424 g/mol. The zero-order valence-corrected chi connectivity index (χ0v) is 18.8. The molecule has 2 fully saturated rings. The van der Waals surface area contributed by atoms with Crippen LogP contribution in [0.25, 0.3) is 0 Å². The molecule has 2 atom stereocenters. The molecule has 2 saturated heterocycles. The van der Waals surface area contributed by atoms with Crippen molar-refractivity contribution < 1.29 is 4.79 Å². The number of piperazine rings is 1. The molecule has 2 aromatic rings. The van der Waals surface area contributed by atoms with Crippen LogP contribution in [-0.2, 0) is 10.2 Å². The van der Waals surface area contributed by atoms with Crippen LogP contribution in [0.2, 0.25) is 0 Å². The quantitative estimate of drug-likeness (QED) is 0.771. The van der Waals surface area contributed by atoms with Gasteiger partial charge in [-0.3, -0.25) is 20.0 Å². The first-order chi connectivity index (χ1) is 14.5. The number of rotatable bonds is 6. The molecule has 4 rings (SSSR count). The summed E-state index contributed by atoms with van der Waals surface area (Å²) in [5, 5.41) is 3.66. The third-order valence-corrected chi connectivity index (χ3v) is 7.63. The van der Waals surface area contributed by atoms with Gasteiger partial charge in [-0.15, -0.1) is 11.8 Å². The van der Waals surface area contributed by atoms with Crippen molar-refractivity contribution in [3.8, 4) is 0 Å². The minimum Gasteiger partial charge on any atom is -0.339 e. The summed E-state index contributed by atoms with van der Waals surface area (Å²) in [7, 11) is 0. The number of hydrogen-bond donors (Lipinski definition) is 1. The van der Waals surface area contributed by atoms with Gasteiger partial charge >= 0.3 is 0 Å². The number of carbonyl (C=O) groups excluding carboxylic acids is 1. The van der Waals surface area contributed by atoms with Crippen molar-refractivity contribution in [2.24, 2.45) is 0 Å². The van der Waals surface area contributed by atoms with Crippen molar-refractivity contribution in [2.45, 2.75) is 37.1 Å². The van der Waals surface area contributed by atoms with Gasteiger partial charge in [0.2, 0.25) is 5.91 Å². The van der Waals surface area contributed by atoms with Gasteiger partial charge in [0.25, 0.3) is 0 Å². The predicted molar refractivity (Wildman–Crippen MR) is 123 cm³/mol. The van der Waals surface area contributed by atoms with E-state index in [9.17, 15) is 4.79 Å². The molecule has 160 valence electrons. The van der Waals surface area contributed by atoms with Crippen LogP contribution in [0.15, 0.2) is 54.9 Å². The van der Waals surface area contributed by atoms with E-state index in [-0.39, 0.29) is 22.7 Å². The van der Waals surface area contributed by atoms with Crippen molar-refractivity contribution in [3.63, 3.8) is 0 Å². The van der Waals surface area contributed by atoms with E-state index in [0.29, 0.717) is 0 Å². The molecular weight excluding hydrogens is 392 g/mol. The fraction of sp³-hybridized carbons (Fsp3) is 0.500. The van der Waals surface area contributed by atoms with Crippen molar-refractivity contribution >= 4 is 17.7 Å². The Kier molecular flexibility index (Phi) is 6.76. The first-order valence-corrected chi connectivity index (χ1v) is 11.9. The molecule has 3 heterocycles. The summed E-state index contributed by atoms with van der Waals surface area (Å²) in [5.74, 6) is 1.07. The lowest BCUT2D eigenvalue weighted by Gasteiger charge is -2.37. The molecule has 0 radical (unpaired) electrons. The van der Waals surface area contributed by atoms with Gasteiger partial charge in [0.05, 0.1) is 11.4 Å². The zero-order valence-electron chi connectivity index (χ0n) is 18.0. The molecule has 0 saturated carbocycles. The summed E-state index contributed by atoms with van der Waals surface area (Å²) < 4.78 is 0. The van der Waals surface area contributed by atoms with Crippen molar-refractivity contribution in [3.05, 3.63) is 66.0 Å². The Bertz CT molecular complexity index is 822.